The Balaban J connectivity index is 2.18. The third kappa shape index (κ3) is 5.85. The molecule has 1 aromatic heterocycles. The van der Waals surface area contributed by atoms with Crippen molar-refractivity contribution < 1.29 is 19.4 Å². The summed E-state index contributed by atoms with van der Waals surface area (Å²) in [4.78, 5) is 30.9. The smallest absolute Gasteiger partial charge is 0.339 e. The number of pyridine rings is 1. The minimum absolute atomic E-state index is 0.000834. The second kappa shape index (κ2) is 9.96. The fourth-order valence-corrected chi connectivity index (χ4v) is 3.73. The maximum atomic E-state index is 12.7. The number of nitrogens with two attached hydrogens (primary N) is 1. The van der Waals surface area contributed by atoms with Gasteiger partial charge in [0.05, 0.1) is 28.2 Å². The molecule has 2 rings (SSSR count). The molecule has 2 heterocycles. The van der Waals surface area contributed by atoms with Gasteiger partial charge in [0, 0.05) is 5.92 Å². The highest BCUT2D eigenvalue weighted by Crippen LogP contribution is 2.31. The topological polar surface area (TPSA) is 118 Å². The average molecular weight is 431 g/mol. The Bertz CT molecular complexity index is 884. The molecule has 1 saturated heterocycles. The molecular weight excluding hydrogens is 396 g/mol. The number of aromatic carboxylic acids is 1. The van der Waals surface area contributed by atoms with Gasteiger partial charge in [-0.1, -0.05) is 6.58 Å². The predicted octanol–water partition coefficient (Wildman–Crippen LogP) is 2.93. The van der Waals surface area contributed by atoms with Crippen molar-refractivity contribution in [1.29, 1.82) is 0 Å². The molecule has 4 N–H and O–H groups in total. The number of ether oxygens (including phenoxy) is 1. The van der Waals surface area contributed by atoms with Gasteiger partial charge in [0.25, 0.3) is 0 Å². The van der Waals surface area contributed by atoms with E-state index in [0.29, 0.717) is 22.7 Å². The van der Waals surface area contributed by atoms with Crippen LogP contribution in [0.25, 0.3) is 11.8 Å². The van der Waals surface area contributed by atoms with Crippen LogP contribution in [0.1, 0.15) is 60.9 Å². The molecule has 170 valence electrons. The van der Waals surface area contributed by atoms with Crippen LogP contribution in [-0.4, -0.2) is 59.1 Å². The number of likely N-dealkylation sites (tertiary alicyclic amines) is 1. The molecule has 0 unspecified atom stereocenters. The fraction of sp³-hybridized carbons (Fsp3) is 0.522. The average Bonchev–Trinajstić information content (AvgIpc) is 2.69. The van der Waals surface area contributed by atoms with Crippen LogP contribution in [-0.2, 0) is 9.53 Å². The molecule has 0 radical (unpaired) electrons. The minimum atomic E-state index is -1.15. The van der Waals surface area contributed by atoms with E-state index in [2.05, 4.69) is 28.8 Å². The van der Waals surface area contributed by atoms with Crippen molar-refractivity contribution in [3.05, 3.63) is 35.2 Å². The number of carboxylic acids is 1. The Labute approximate surface area is 184 Å². The van der Waals surface area contributed by atoms with Crippen molar-refractivity contribution >= 4 is 29.4 Å². The van der Waals surface area contributed by atoms with E-state index < -0.39 is 11.5 Å². The van der Waals surface area contributed by atoms with Crippen molar-refractivity contribution in [2.24, 2.45) is 5.92 Å². The van der Waals surface area contributed by atoms with Crippen LogP contribution in [0.4, 0.5) is 5.69 Å². The molecular formula is C23H34N4O4. The van der Waals surface area contributed by atoms with Crippen molar-refractivity contribution in [3.63, 3.8) is 0 Å². The molecule has 31 heavy (non-hydrogen) atoms. The highest BCUT2D eigenvalue weighted by molar-refractivity contribution is 5.98. The fourth-order valence-electron chi connectivity index (χ4n) is 3.73. The number of rotatable bonds is 8. The maximum Gasteiger partial charge on any atom is 0.339 e. The third-order valence-electron chi connectivity index (χ3n) is 5.50. The van der Waals surface area contributed by atoms with Crippen LogP contribution in [0.5, 0.6) is 0 Å². The van der Waals surface area contributed by atoms with E-state index in [1.165, 1.54) is 6.08 Å². The first kappa shape index (κ1) is 24.4. The summed E-state index contributed by atoms with van der Waals surface area (Å²) in [6.45, 7) is 12.9. The normalized spacial score (nSPS) is 16.1. The molecule has 0 saturated carbocycles. The quantitative estimate of drug-likeness (QED) is 0.543. The zero-order valence-electron chi connectivity index (χ0n) is 19.1. The number of anilines is 1. The Morgan fingerprint density at radius 2 is 1.97 bits per heavy atom. The first-order chi connectivity index (χ1) is 14.5. The Morgan fingerprint density at radius 1 is 1.35 bits per heavy atom. The number of carbonyl (C=O) groups is 2. The molecule has 1 fully saturated rings. The number of aromatic nitrogens is 1. The first-order valence-corrected chi connectivity index (χ1v) is 10.5. The highest BCUT2D eigenvalue weighted by Gasteiger charge is 2.30. The number of carbonyl (C=O) groups excluding carboxylic acids is 1. The van der Waals surface area contributed by atoms with Gasteiger partial charge < -0.3 is 25.8 Å². The standard InChI is InChI=1S/C23H34N4O4/c1-7-16-19(20(24)18(22(29)30)14(3)25-16)17(8-2)31-13-23(4,5)26-21(28)15-9-11-27(6)12-10-15/h7-8,15H,1,9-13H2,2-6H3,(H2,24,25)(H,26,28)(H,29,30)/b17-8+. The monoisotopic (exact) mass is 430 g/mol. The lowest BCUT2D eigenvalue weighted by Crippen LogP contribution is -2.50. The predicted molar refractivity (Wildman–Crippen MR) is 122 cm³/mol. The van der Waals surface area contributed by atoms with Gasteiger partial charge in [0.2, 0.25) is 5.91 Å². The van der Waals surface area contributed by atoms with Crippen LogP contribution >= 0.6 is 0 Å². The Morgan fingerprint density at radius 3 is 2.48 bits per heavy atom. The summed E-state index contributed by atoms with van der Waals surface area (Å²) in [6, 6.07) is 0. The second-order valence-corrected chi connectivity index (χ2v) is 8.65. The number of nitrogens with one attached hydrogen (secondary N) is 1. The molecule has 1 amide bonds. The lowest BCUT2D eigenvalue weighted by atomic mass is 9.94. The summed E-state index contributed by atoms with van der Waals surface area (Å²) in [6.07, 6.45) is 4.90. The number of nitrogens with zero attached hydrogens (tertiary/aromatic N) is 2. The number of aryl methyl sites for hydroxylation is 1. The largest absolute Gasteiger partial charge is 0.491 e. The molecule has 1 aliphatic rings. The van der Waals surface area contributed by atoms with Gasteiger partial charge >= 0.3 is 5.97 Å². The van der Waals surface area contributed by atoms with E-state index in [1.807, 2.05) is 13.8 Å². The summed E-state index contributed by atoms with van der Waals surface area (Å²) >= 11 is 0. The van der Waals surface area contributed by atoms with E-state index in [1.54, 1.807) is 19.9 Å². The van der Waals surface area contributed by atoms with Gasteiger partial charge in [0.1, 0.15) is 17.9 Å². The Kier molecular flexibility index (Phi) is 7.84. The number of hydrogen-bond acceptors (Lipinski definition) is 6. The lowest BCUT2D eigenvalue weighted by Gasteiger charge is -2.32. The van der Waals surface area contributed by atoms with E-state index in [-0.39, 0.29) is 29.7 Å². The maximum absolute atomic E-state index is 12.7. The molecule has 0 bridgehead atoms. The molecule has 0 atom stereocenters. The zero-order valence-corrected chi connectivity index (χ0v) is 19.1. The van der Waals surface area contributed by atoms with Crippen LogP contribution in [0.2, 0.25) is 0 Å². The first-order valence-electron chi connectivity index (χ1n) is 10.5. The van der Waals surface area contributed by atoms with Gasteiger partial charge in [-0.15, -0.1) is 0 Å². The number of amides is 1. The minimum Gasteiger partial charge on any atom is -0.491 e. The van der Waals surface area contributed by atoms with E-state index >= 15 is 0 Å². The third-order valence-corrected chi connectivity index (χ3v) is 5.50. The van der Waals surface area contributed by atoms with Crippen molar-refractivity contribution in [3.8, 4) is 0 Å². The number of hydrogen-bond donors (Lipinski definition) is 3. The van der Waals surface area contributed by atoms with Gasteiger partial charge in [0.15, 0.2) is 0 Å². The summed E-state index contributed by atoms with van der Waals surface area (Å²) in [7, 11) is 2.06. The van der Waals surface area contributed by atoms with E-state index in [4.69, 9.17) is 10.5 Å². The number of nitrogen functional groups attached to an aromatic ring is 1. The second-order valence-electron chi connectivity index (χ2n) is 8.65. The molecule has 8 heteroatoms. The van der Waals surface area contributed by atoms with Gasteiger partial charge in [-0.05, 0) is 72.8 Å². The molecule has 0 aliphatic carbocycles. The summed E-state index contributed by atoms with van der Waals surface area (Å²) < 4.78 is 6.02. The van der Waals surface area contributed by atoms with Gasteiger partial charge in [-0.25, -0.2) is 4.79 Å². The van der Waals surface area contributed by atoms with Crippen LogP contribution in [0, 0.1) is 12.8 Å². The van der Waals surface area contributed by atoms with Crippen molar-refractivity contribution in [2.45, 2.75) is 46.1 Å². The number of allylic oxidation sites excluding steroid dienone is 1. The molecule has 1 aromatic rings. The summed E-state index contributed by atoms with van der Waals surface area (Å²) in [5, 5.41) is 12.6. The SMILES string of the molecule is C=Cc1nc(C)c(C(=O)O)c(N)c1/C(=C\C)OCC(C)(C)NC(=O)C1CCN(C)CC1. The highest BCUT2D eigenvalue weighted by atomic mass is 16.5. The summed E-state index contributed by atoms with van der Waals surface area (Å²) in [5.41, 5.74) is 6.74. The van der Waals surface area contributed by atoms with Crippen LogP contribution in [0.15, 0.2) is 12.7 Å². The van der Waals surface area contributed by atoms with Crippen LogP contribution < -0.4 is 11.1 Å². The number of carboxylic acid groups (broad SMARTS) is 1. The van der Waals surface area contributed by atoms with E-state index in [9.17, 15) is 14.7 Å². The molecule has 0 spiro atoms. The van der Waals surface area contributed by atoms with Gasteiger partial charge in [-0.2, -0.15) is 0 Å². The van der Waals surface area contributed by atoms with Crippen molar-refractivity contribution in [2.75, 3.05) is 32.5 Å². The zero-order chi connectivity index (χ0) is 23.3. The number of piperidine rings is 1. The van der Waals surface area contributed by atoms with Crippen molar-refractivity contribution in [1.82, 2.24) is 15.2 Å². The van der Waals surface area contributed by atoms with Crippen LogP contribution in [0.3, 0.4) is 0 Å². The Hall–Kier alpha value is -2.87. The molecule has 1 aliphatic heterocycles. The van der Waals surface area contributed by atoms with E-state index in [0.717, 1.165) is 25.9 Å². The summed E-state index contributed by atoms with van der Waals surface area (Å²) in [5.74, 6) is -0.733. The lowest BCUT2D eigenvalue weighted by molar-refractivity contribution is -0.128. The molecule has 8 nitrogen and oxygen atoms in total. The molecule has 0 aromatic carbocycles. The van der Waals surface area contributed by atoms with Gasteiger partial charge in [-0.3, -0.25) is 9.78 Å².